The van der Waals surface area contributed by atoms with Crippen LogP contribution in [0.2, 0.25) is 10.0 Å². The third-order valence-corrected chi connectivity index (χ3v) is 2.91. The molecule has 1 rings (SSSR count). The third-order valence-electron chi connectivity index (χ3n) is 2.41. The van der Waals surface area contributed by atoms with Crippen molar-refractivity contribution in [2.45, 2.75) is 26.4 Å². The van der Waals surface area contributed by atoms with Crippen LogP contribution in [-0.4, -0.2) is 25.6 Å². The average Bonchev–Trinajstić information content (AvgIpc) is 2.34. The summed E-state index contributed by atoms with van der Waals surface area (Å²) < 4.78 is 5.47. The van der Waals surface area contributed by atoms with Gasteiger partial charge in [0.15, 0.2) is 6.61 Å². The second-order valence-electron chi connectivity index (χ2n) is 4.37. The van der Waals surface area contributed by atoms with Gasteiger partial charge in [-0.05, 0) is 12.1 Å². The summed E-state index contributed by atoms with van der Waals surface area (Å²) in [5, 5.41) is 6.69. The predicted octanol–water partition coefficient (Wildman–Crippen LogP) is 2.62. The number of hydrogen-bond donors (Lipinski definition) is 2. The van der Waals surface area contributed by atoms with Crippen LogP contribution in [0.25, 0.3) is 0 Å². The van der Waals surface area contributed by atoms with E-state index in [-0.39, 0.29) is 12.5 Å². The van der Waals surface area contributed by atoms with Crippen molar-refractivity contribution in [1.82, 2.24) is 10.6 Å². The number of benzene rings is 1. The van der Waals surface area contributed by atoms with Gasteiger partial charge < -0.3 is 15.4 Å². The van der Waals surface area contributed by atoms with Crippen molar-refractivity contribution in [2.24, 2.45) is 0 Å². The Morgan fingerprint density at radius 2 is 2.05 bits per heavy atom. The summed E-state index contributed by atoms with van der Waals surface area (Å²) in [5.41, 5.74) is 0.829. The number of carbonyl (C=O) groups excluding carboxylic acids is 1. The highest BCUT2D eigenvalue weighted by atomic mass is 35.5. The number of ether oxygens (including phenoxy) is 1. The molecule has 19 heavy (non-hydrogen) atoms. The molecular weight excluding hydrogens is 287 g/mol. The highest BCUT2D eigenvalue weighted by Crippen LogP contribution is 2.32. The van der Waals surface area contributed by atoms with Gasteiger partial charge in [0.05, 0.1) is 5.02 Å². The van der Waals surface area contributed by atoms with Crippen LogP contribution >= 0.6 is 23.2 Å². The summed E-state index contributed by atoms with van der Waals surface area (Å²) in [7, 11) is 1.55. The number of carbonyl (C=O) groups is 1. The largest absolute Gasteiger partial charge is 0.482 e. The molecule has 0 aliphatic rings. The van der Waals surface area contributed by atoms with Gasteiger partial charge in [-0.15, -0.1) is 0 Å². The second-order valence-corrected chi connectivity index (χ2v) is 5.22. The molecule has 1 aromatic carbocycles. The summed E-state index contributed by atoms with van der Waals surface area (Å²) in [4.78, 5) is 11.2. The van der Waals surface area contributed by atoms with Crippen LogP contribution in [0.5, 0.6) is 5.75 Å². The summed E-state index contributed by atoms with van der Waals surface area (Å²) in [6.45, 7) is 4.57. The van der Waals surface area contributed by atoms with Crippen LogP contribution in [-0.2, 0) is 11.3 Å². The Morgan fingerprint density at radius 1 is 1.37 bits per heavy atom. The molecule has 0 aliphatic carbocycles. The van der Waals surface area contributed by atoms with Crippen molar-refractivity contribution in [1.29, 1.82) is 0 Å². The van der Waals surface area contributed by atoms with Crippen molar-refractivity contribution in [3.63, 3.8) is 0 Å². The van der Waals surface area contributed by atoms with Gasteiger partial charge in [0, 0.05) is 30.2 Å². The van der Waals surface area contributed by atoms with E-state index in [9.17, 15) is 4.79 Å². The first kappa shape index (κ1) is 16.1. The lowest BCUT2D eigenvalue weighted by Crippen LogP contribution is -2.26. The fourth-order valence-corrected chi connectivity index (χ4v) is 2.02. The van der Waals surface area contributed by atoms with E-state index in [1.54, 1.807) is 19.2 Å². The SMILES string of the molecule is CNC(=O)COc1c(Cl)cc(Cl)cc1CNC(C)C. The first-order valence-electron chi connectivity index (χ1n) is 5.98. The van der Waals surface area contributed by atoms with E-state index >= 15 is 0 Å². The Hall–Kier alpha value is -0.970. The third kappa shape index (κ3) is 5.27. The lowest BCUT2D eigenvalue weighted by molar-refractivity contribution is -0.122. The molecular formula is C13H18Cl2N2O2. The fourth-order valence-electron chi connectivity index (χ4n) is 1.43. The number of likely N-dealkylation sites (N-methyl/N-ethyl adjacent to an activating group) is 1. The van der Waals surface area contributed by atoms with E-state index in [1.807, 2.05) is 13.8 Å². The maximum absolute atomic E-state index is 11.2. The van der Waals surface area contributed by atoms with Gasteiger partial charge in [0.1, 0.15) is 5.75 Å². The molecule has 0 heterocycles. The molecule has 2 N–H and O–H groups in total. The Bertz CT molecular complexity index is 451. The van der Waals surface area contributed by atoms with E-state index in [1.165, 1.54) is 0 Å². The summed E-state index contributed by atoms with van der Waals surface area (Å²) in [6, 6.07) is 3.70. The molecule has 1 aromatic rings. The van der Waals surface area contributed by atoms with Crippen LogP contribution < -0.4 is 15.4 Å². The normalized spacial score (nSPS) is 10.6. The number of rotatable bonds is 6. The maximum Gasteiger partial charge on any atom is 0.257 e. The van der Waals surface area contributed by atoms with E-state index in [2.05, 4.69) is 10.6 Å². The number of halogens is 2. The predicted molar refractivity (Wildman–Crippen MR) is 78.0 cm³/mol. The standard InChI is InChI=1S/C13H18Cl2N2O2/c1-8(2)17-6-9-4-10(14)5-11(15)13(9)19-7-12(18)16-3/h4-5,8,17H,6-7H2,1-3H3,(H,16,18). The van der Waals surface area contributed by atoms with Gasteiger partial charge >= 0.3 is 0 Å². The van der Waals surface area contributed by atoms with Gasteiger partial charge in [0.2, 0.25) is 0 Å². The minimum atomic E-state index is -0.214. The number of amides is 1. The van der Waals surface area contributed by atoms with Crippen molar-refractivity contribution < 1.29 is 9.53 Å². The van der Waals surface area contributed by atoms with Crippen molar-refractivity contribution in [3.8, 4) is 5.75 Å². The molecule has 0 radical (unpaired) electrons. The molecule has 106 valence electrons. The highest BCUT2D eigenvalue weighted by Gasteiger charge is 2.12. The molecule has 0 atom stereocenters. The number of hydrogen-bond acceptors (Lipinski definition) is 3. The first-order valence-corrected chi connectivity index (χ1v) is 6.74. The Labute approximate surface area is 123 Å². The quantitative estimate of drug-likeness (QED) is 0.849. The fraction of sp³-hybridized carbons (Fsp3) is 0.462. The molecule has 1 amide bonds. The van der Waals surface area contributed by atoms with Crippen molar-refractivity contribution >= 4 is 29.1 Å². The van der Waals surface area contributed by atoms with E-state index in [0.717, 1.165) is 5.56 Å². The van der Waals surface area contributed by atoms with Crippen molar-refractivity contribution in [2.75, 3.05) is 13.7 Å². The van der Waals surface area contributed by atoms with Crippen LogP contribution in [0.4, 0.5) is 0 Å². The highest BCUT2D eigenvalue weighted by molar-refractivity contribution is 6.35. The lowest BCUT2D eigenvalue weighted by atomic mass is 10.2. The van der Waals surface area contributed by atoms with E-state index in [0.29, 0.717) is 28.4 Å². The molecule has 0 aromatic heterocycles. The van der Waals surface area contributed by atoms with E-state index in [4.69, 9.17) is 27.9 Å². The molecule has 0 bridgehead atoms. The first-order chi connectivity index (χ1) is 8.93. The minimum absolute atomic E-state index is 0.0769. The lowest BCUT2D eigenvalue weighted by Gasteiger charge is -2.15. The average molecular weight is 305 g/mol. The molecule has 0 spiro atoms. The molecule has 6 heteroatoms. The summed E-state index contributed by atoms with van der Waals surface area (Å²) in [5.74, 6) is 0.275. The molecule has 0 saturated heterocycles. The van der Waals surface area contributed by atoms with Crippen LogP contribution in [0.15, 0.2) is 12.1 Å². The maximum atomic E-state index is 11.2. The zero-order valence-corrected chi connectivity index (χ0v) is 12.7. The topological polar surface area (TPSA) is 50.4 Å². The van der Waals surface area contributed by atoms with Crippen molar-refractivity contribution in [3.05, 3.63) is 27.7 Å². The zero-order valence-electron chi connectivity index (χ0n) is 11.2. The molecule has 0 fully saturated rings. The Kier molecular flexibility index (Phi) is 6.42. The van der Waals surface area contributed by atoms with Gasteiger partial charge in [-0.25, -0.2) is 0 Å². The van der Waals surface area contributed by atoms with Gasteiger partial charge in [-0.3, -0.25) is 4.79 Å². The number of nitrogens with one attached hydrogen (secondary N) is 2. The van der Waals surface area contributed by atoms with Gasteiger partial charge in [-0.1, -0.05) is 37.0 Å². The van der Waals surface area contributed by atoms with Crippen LogP contribution in [0.1, 0.15) is 19.4 Å². The Morgan fingerprint density at radius 3 is 2.63 bits per heavy atom. The second kappa shape index (κ2) is 7.58. The molecule has 0 unspecified atom stereocenters. The smallest absolute Gasteiger partial charge is 0.257 e. The summed E-state index contributed by atoms with van der Waals surface area (Å²) >= 11 is 12.1. The minimum Gasteiger partial charge on any atom is -0.482 e. The van der Waals surface area contributed by atoms with Gasteiger partial charge in [-0.2, -0.15) is 0 Å². The van der Waals surface area contributed by atoms with Gasteiger partial charge in [0.25, 0.3) is 5.91 Å². The summed E-state index contributed by atoms with van der Waals surface area (Å²) in [6.07, 6.45) is 0. The zero-order chi connectivity index (χ0) is 14.4. The molecule has 0 aliphatic heterocycles. The van der Waals surface area contributed by atoms with Crippen LogP contribution in [0, 0.1) is 0 Å². The Balaban J connectivity index is 2.89. The molecule has 0 saturated carbocycles. The molecule has 4 nitrogen and oxygen atoms in total. The van der Waals surface area contributed by atoms with Crippen LogP contribution in [0.3, 0.4) is 0 Å². The van der Waals surface area contributed by atoms with E-state index < -0.39 is 0 Å². The monoisotopic (exact) mass is 304 g/mol.